The molecule has 0 aliphatic rings. The van der Waals surface area contributed by atoms with Gasteiger partial charge in [-0.3, -0.25) is 4.79 Å². The maximum absolute atomic E-state index is 14.1. The van der Waals surface area contributed by atoms with Crippen molar-refractivity contribution in [2.24, 2.45) is 5.73 Å². The summed E-state index contributed by atoms with van der Waals surface area (Å²) in [5.41, 5.74) is 12.3. The van der Waals surface area contributed by atoms with Gasteiger partial charge in [0.15, 0.2) is 0 Å². The number of halogens is 2. The summed E-state index contributed by atoms with van der Waals surface area (Å²) in [7, 11) is 0. The average Bonchev–Trinajstić information content (AvgIpc) is 2.95. The molecule has 0 fully saturated rings. The highest BCUT2D eigenvalue weighted by molar-refractivity contribution is 6.30. The van der Waals surface area contributed by atoms with Gasteiger partial charge in [-0.05, 0) is 30.3 Å². The number of primary amides is 1. The van der Waals surface area contributed by atoms with Gasteiger partial charge in [0.2, 0.25) is 5.95 Å². The Bertz CT molecular complexity index is 909. The van der Waals surface area contributed by atoms with Crippen LogP contribution in [0.15, 0.2) is 36.5 Å². The largest absolute Gasteiger partial charge is 0.368 e. The number of anilines is 1. The first kappa shape index (κ1) is 15.0. The van der Waals surface area contributed by atoms with Crippen LogP contribution in [0.5, 0.6) is 0 Å². The third-order valence-corrected chi connectivity index (χ3v) is 3.47. The number of hydrogen-bond acceptors (Lipinski definition) is 4. The molecule has 3 aromatic rings. The smallest absolute Gasteiger partial charge is 0.250 e. The number of nitrogens with one attached hydrogen (secondary N) is 1. The second-order valence-corrected chi connectivity index (χ2v) is 5.20. The van der Waals surface area contributed by atoms with Gasteiger partial charge in [-0.1, -0.05) is 11.6 Å². The maximum Gasteiger partial charge on any atom is 0.250 e. The Labute approximate surface area is 135 Å². The van der Waals surface area contributed by atoms with Crippen molar-refractivity contribution in [2.45, 2.75) is 0 Å². The first-order chi connectivity index (χ1) is 11.0. The Hall–Kier alpha value is -2.93. The molecule has 1 aromatic carbocycles. The number of benzene rings is 1. The summed E-state index contributed by atoms with van der Waals surface area (Å²) in [5.74, 6) is -1.16. The number of nitrogen functional groups attached to an aromatic ring is 1. The van der Waals surface area contributed by atoms with Crippen LogP contribution in [0.4, 0.5) is 10.3 Å². The van der Waals surface area contributed by atoms with Gasteiger partial charge in [0.1, 0.15) is 5.82 Å². The van der Waals surface area contributed by atoms with Crippen LogP contribution in [0.3, 0.4) is 0 Å². The Morgan fingerprint density at radius 2 is 2.04 bits per heavy atom. The highest BCUT2D eigenvalue weighted by atomic mass is 35.5. The van der Waals surface area contributed by atoms with Crippen LogP contribution in [0.2, 0.25) is 5.02 Å². The lowest BCUT2D eigenvalue weighted by Gasteiger charge is -2.04. The minimum Gasteiger partial charge on any atom is -0.368 e. The molecule has 0 saturated carbocycles. The molecule has 6 nitrogen and oxygen atoms in total. The summed E-state index contributed by atoms with van der Waals surface area (Å²) in [6.07, 6.45) is 1.47. The fraction of sp³-hybridized carbons (Fsp3) is 0. The Morgan fingerprint density at radius 3 is 2.74 bits per heavy atom. The highest BCUT2D eigenvalue weighted by Crippen LogP contribution is 2.31. The normalized spacial score (nSPS) is 10.7. The molecule has 0 bridgehead atoms. The lowest BCUT2D eigenvalue weighted by molar-refractivity contribution is 0.100. The highest BCUT2D eigenvalue weighted by Gasteiger charge is 2.19. The van der Waals surface area contributed by atoms with Gasteiger partial charge in [0.25, 0.3) is 5.91 Å². The van der Waals surface area contributed by atoms with Gasteiger partial charge in [-0.25, -0.2) is 14.4 Å². The summed E-state index contributed by atoms with van der Waals surface area (Å²) >= 11 is 5.91. The van der Waals surface area contributed by atoms with Gasteiger partial charge in [-0.2, -0.15) is 0 Å². The summed E-state index contributed by atoms with van der Waals surface area (Å²) in [4.78, 5) is 22.5. The van der Waals surface area contributed by atoms with Crippen molar-refractivity contribution in [1.29, 1.82) is 0 Å². The molecule has 1 amide bonds. The predicted octanol–water partition coefficient (Wildman–Crippen LogP) is 2.61. The molecule has 0 spiro atoms. The molecular weight excluding hydrogens is 321 g/mol. The van der Waals surface area contributed by atoms with Crippen molar-refractivity contribution in [1.82, 2.24) is 15.0 Å². The molecule has 0 aliphatic carbocycles. The van der Waals surface area contributed by atoms with Gasteiger partial charge < -0.3 is 16.5 Å². The van der Waals surface area contributed by atoms with Crippen LogP contribution in [0.25, 0.3) is 22.6 Å². The van der Waals surface area contributed by atoms with E-state index in [2.05, 4.69) is 15.0 Å². The Balaban J connectivity index is 2.21. The summed E-state index contributed by atoms with van der Waals surface area (Å²) in [6, 6.07) is 7.13. The van der Waals surface area contributed by atoms with E-state index in [9.17, 15) is 9.18 Å². The minimum absolute atomic E-state index is 0.0770. The number of H-pyrrole nitrogens is 1. The van der Waals surface area contributed by atoms with E-state index in [0.29, 0.717) is 16.4 Å². The van der Waals surface area contributed by atoms with Gasteiger partial charge in [0.05, 0.1) is 22.6 Å². The van der Waals surface area contributed by atoms with E-state index < -0.39 is 11.7 Å². The van der Waals surface area contributed by atoms with Crippen molar-refractivity contribution in [2.75, 3.05) is 5.73 Å². The zero-order valence-electron chi connectivity index (χ0n) is 11.7. The van der Waals surface area contributed by atoms with Crippen LogP contribution in [0.1, 0.15) is 10.4 Å². The Kier molecular flexibility index (Phi) is 3.71. The molecule has 0 aliphatic heterocycles. The molecule has 0 radical (unpaired) electrons. The third-order valence-electron chi connectivity index (χ3n) is 3.23. The van der Waals surface area contributed by atoms with Crippen LogP contribution < -0.4 is 11.5 Å². The Morgan fingerprint density at radius 1 is 1.26 bits per heavy atom. The van der Waals surface area contributed by atoms with Crippen molar-refractivity contribution in [3.05, 3.63) is 52.9 Å². The van der Waals surface area contributed by atoms with Gasteiger partial charge in [0, 0.05) is 16.8 Å². The SMILES string of the molecule is NC(=O)c1cc(-c2ccnc(N)n2)[nH]c1-c1cc(Cl)ccc1F. The summed E-state index contributed by atoms with van der Waals surface area (Å²) in [5, 5.41) is 0.333. The summed E-state index contributed by atoms with van der Waals surface area (Å²) < 4.78 is 14.1. The second kappa shape index (κ2) is 5.69. The monoisotopic (exact) mass is 331 g/mol. The molecule has 0 atom stereocenters. The fourth-order valence-corrected chi connectivity index (χ4v) is 2.38. The van der Waals surface area contributed by atoms with E-state index in [-0.39, 0.29) is 22.8 Å². The predicted molar refractivity (Wildman–Crippen MR) is 85.2 cm³/mol. The number of amides is 1. The van der Waals surface area contributed by atoms with Crippen LogP contribution >= 0.6 is 11.6 Å². The minimum atomic E-state index is -0.705. The molecular formula is C15H11ClFN5O. The van der Waals surface area contributed by atoms with E-state index in [1.807, 2.05) is 0 Å². The van der Waals surface area contributed by atoms with E-state index >= 15 is 0 Å². The van der Waals surface area contributed by atoms with E-state index in [4.69, 9.17) is 23.1 Å². The van der Waals surface area contributed by atoms with E-state index in [1.165, 1.54) is 30.5 Å². The molecule has 0 unspecified atom stereocenters. The molecule has 8 heteroatoms. The molecule has 2 aromatic heterocycles. The lowest BCUT2D eigenvalue weighted by atomic mass is 10.1. The number of nitrogens with two attached hydrogens (primary N) is 2. The van der Waals surface area contributed by atoms with Gasteiger partial charge in [-0.15, -0.1) is 0 Å². The summed E-state index contributed by atoms with van der Waals surface area (Å²) in [6.45, 7) is 0. The topological polar surface area (TPSA) is 111 Å². The van der Waals surface area contributed by atoms with Crippen molar-refractivity contribution >= 4 is 23.5 Å². The molecule has 2 heterocycles. The van der Waals surface area contributed by atoms with Crippen molar-refractivity contribution < 1.29 is 9.18 Å². The standard InChI is InChI=1S/C15H11ClFN5O/c16-7-1-2-10(17)8(5-7)13-9(14(18)23)6-12(21-13)11-3-4-20-15(19)22-11/h1-6,21H,(H2,18,23)(H2,19,20,22). The number of nitrogens with zero attached hydrogens (tertiary/aromatic N) is 2. The molecule has 3 rings (SSSR count). The molecule has 0 saturated heterocycles. The molecule has 116 valence electrons. The first-order valence-electron chi connectivity index (χ1n) is 6.53. The lowest BCUT2D eigenvalue weighted by Crippen LogP contribution is -2.11. The zero-order chi connectivity index (χ0) is 16.6. The number of rotatable bonds is 3. The number of aromatic amines is 1. The molecule has 23 heavy (non-hydrogen) atoms. The fourth-order valence-electron chi connectivity index (χ4n) is 2.21. The van der Waals surface area contributed by atoms with Crippen LogP contribution in [0, 0.1) is 5.82 Å². The van der Waals surface area contributed by atoms with E-state index in [1.54, 1.807) is 6.07 Å². The molecule has 5 N–H and O–H groups in total. The van der Waals surface area contributed by atoms with Crippen molar-refractivity contribution in [3.63, 3.8) is 0 Å². The average molecular weight is 332 g/mol. The number of aromatic nitrogens is 3. The van der Waals surface area contributed by atoms with E-state index in [0.717, 1.165) is 0 Å². The number of carbonyl (C=O) groups is 1. The first-order valence-corrected chi connectivity index (χ1v) is 6.90. The third kappa shape index (κ3) is 2.86. The van der Waals surface area contributed by atoms with Crippen LogP contribution in [-0.4, -0.2) is 20.9 Å². The van der Waals surface area contributed by atoms with Gasteiger partial charge >= 0.3 is 0 Å². The second-order valence-electron chi connectivity index (χ2n) is 4.76. The van der Waals surface area contributed by atoms with Crippen molar-refractivity contribution in [3.8, 4) is 22.6 Å². The quantitative estimate of drug-likeness (QED) is 0.685. The maximum atomic E-state index is 14.1. The van der Waals surface area contributed by atoms with Crippen LogP contribution in [-0.2, 0) is 0 Å². The zero-order valence-corrected chi connectivity index (χ0v) is 12.4. The number of hydrogen-bond donors (Lipinski definition) is 3. The number of carbonyl (C=O) groups excluding carboxylic acids is 1.